The average Bonchev–Trinajstić information content (AvgIpc) is 2.96. The third kappa shape index (κ3) is 4.11. The molecule has 0 saturated carbocycles. The molecule has 0 fully saturated rings. The van der Waals surface area contributed by atoms with E-state index in [2.05, 4.69) is 0 Å². The molecule has 2 amide bonds. The van der Waals surface area contributed by atoms with Gasteiger partial charge in [-0.3, -0.25) is 14.5 Å². The zero-order chi connectivity index (χ0) is 20.4. The lowest BCUT2D eigenvalue weighted by Crippen LogP contribution is -2.30. The fourth-order valence-electron chi connectivity index (χ4n) is 3.04. The fraction of sp³-hybridized carbons (Fsp3) is 0.0435. The Morgan fingerprint density at radius 3 is 2.14 bits per heavy atom. The third-order valence-electron chi connectivity index (χ3n) is 4.48. The molecule has 0 saturated heterocycles. The first kappa shape index (κ1) is 19.4. The van der Waals surface area contributed by atoms with Crippen LogP contribution in [0.1, 0.15) is 11.1 Å². The van der Waals surface area contributed by atoms with E-state index in [0.29, 0.717) is 26.6 Å². The first-order chi connectivity index (χ1) is 14.0. The van der Waals surface area contributed by atoms with Crippen molar-refractivity contribution < 1.29 is 14.0 Å². The molecule has 144 valence electrons. The molecule has 3 aromatic rings. The van der Waals surface area contributed by atoms with E-state index in [1.807, 2.05) is 42.5 Å². The summed E-state index contributed by atoms with van der Waals surface area (Å²) >= 11 is 7.19. The van der Waals surface area contributed by atoms with Crippen molar-refractivity contribution in [2.45, 2.75) is 11.4 Å². The largest absolute Gasteiger partial charge is 0.269 e. The van der Waals surface area contributed by atoms with E-state index in [-0.39, 0.29) is 24.2 Å². The monoisotopic (exact) mass is 423 g/mol. The second kappa shape index (κ2) is 8.23. The SMILES string of the molecule is O=C1C(Sc2ccc(Cl)cc2)=C(c2ccccc2)C(=O)N1Cc1ccc(F)cc1. The van der Waals surface area contributed by atoms with E-state index in [4.69, 9.17) is 11.6 Å². The minimum Gasteiger partial charge on any atom is -0.269 e. The Morgan fingerprint density at radius 1 is 0.828 bits per heavy atom. The molecule has 3 aromatic carbocycles. The standard InChI is InChI=1S/C23H15ClFNO2S/c24-17-8-12-19(13-9-17)29-21-20(16-4-2-1-3-5-16)22(27)26(23(21)28)14-15-6-10-18(25)11-7-15/h1-13H,14H2. The number of halogens is 2. The van der Waals surface area contributed by atoms with Crippen LogP contribution >= 0.6 is 23.4 Å². The Morgan fingerprint density at radius 2 is 1.48 bits per heavy atom. The second-order valence-electron chi connectivity index (χ2n) is 6.45. The van der Waals surface area contributed by atoms with Crippen LogP contribution < -0.4 is 0 Å². The maximum Gasteiger partial charge on any atom is 0.268 e. The summed E-state index contributed by atoms with van der Waals surface area (Å²) in [6.45, 7) is 0.0823. The molecule has 1 aliphatic heterocycles. The van der Waals surface area contributed by atoms with Crippen molar-refractivity contribution >= 4 is 40.8 Å². The van der Waals surface area contributed by atoms with E-state index in [1.165, 1.54) is 28.8 Å². The normalized spacial score (nSPS) is 14.1. The van der Waals surface area contributed by atoms with Gasteiger partial charge in [0, 0.05) is 9.92 Å². The van der Waals surface area contributed by atoms with Crippen molar-refractivity contribution in [1.29, 1.82) is 0 Å². The van der Waals surface area contributed by atoms with Crippen molar-refractivity contribution in [1.82, 2.24) is 4.90 Å². The number of rotatable bonds is 5. The van der Waals surface area contributed by atoms with E-state index in [9.17, 15) is 14.0 Å². The highest BCUT2D eigenvalue weighted by Crippen LogP contribution is 2.40. The minimum absolute atomic E-state index is 0.0823. The minimum atomic E-state index is -0.366. The van der Waals surface area contributed by atoms with Crippen LogP contribution in [0.5, 0.6) is 0 Å². The summed E-state index contributed by atoms with van der Waals surface area (Å²) in [5, 5.41) is 0.596. The van der Waals surface area contributed by atoms with Gasteiger partial charge < -0.3 is 0 Å². The van der Waals surface area contributed by atoms with Gasteiger partial charge in [0.1, 0.15) is 5.82 Å². The highest BCUT2D eigenvalue weighted by atomic mass is 35.5. The predicted octanol–water partition coefficient (Wildman–Crippen LogP) is 5.55. The zero-order valence-corrected chi connectivity index (χ0v) is 16.7. The quantitative estimate of drug-likeness (QED) is 0.505. The predicted molar refractivity (Wildman–Crippen MR) is 113 cm³/mol. The number of imide groups is 1. The van der Waals surface area contributed by atoms with Gasteiger partial charge in [-0.2, -0.15) is 0 Å². The lowest BCUT2D eigenvalue weighted by atomic mass is 10.1. The van der Waals surface area contributed by atoms with Gasteiger partial charge in [-0.25, -0.2) is 4.39 Å². The van der Waals surface area contributed by atoms with Gasteiger partial charge in [0.2, 0.25) is 0 Å². The molecule has 0 atom stereocenters. The Bertz CT molecular complexity index is 1100. The van der Waals surface area contributed by atoms with Gasteiger partial charge in [-0.15, -0.1) is 0 Å². The number of amides is 2. The van der Waals surface area contributed by atoms with Crippen molar-refractivity contribution in [2.75, 3.05) is 0 Å². The molecule has 3 nitrogen and oxygen atoms in total. The van der Waals surface area contributed by atoms with Gasteiger partial charge in [0.15, 0.2) is 0 Å². The van der Waals surface area contributed by atoms with Crippen molar-refractivity contribution in [2.24, 2.45) is 0 Å². The third-order valence-corrected chi connectivity index (χ3v) is 5.82. The molecule has 0 spiro atoms. The first-order valence-electron chi connectivity index (χ1n) is 8.86. The summed E-state index contributed by atoms with van der Waals surface area (Å²) in [5.74, 6) is -1.09. The van der Waals surface area contributed by atoms with Crippen LogP contribution in [0.15, 0.2) is 88.7 Å². The van der Waals surface area contributed by atoms with Crippen LogP contribution in [0.25, 0.3) is 5.57 Å². The number of carbonyl (C=O) groups is 2. The lowest BCUT2D eigenvalue weighted by molar-refractivity contribution is -0.137. The molecule has 29 heavy (non-hydrogen) atoms. The number of carbonyl (C=O) groups excluding carboxylic acids is 2. The van der Waals surface area contributed by atoms with Gasteiger partial charge >= 0.3 is 0 Å². The van der Waals surface area contributed by atoms with Crippen LogP contribution in [0.4, 0.5) is 4.39 Å². The molecule has 0 aromatic heterocycles. The summed E-state index contributed by atoms with van der Waals surface area (Å²) in [5.41, 5.74) is 1.74. The molecule has 0 radical (unpaired) electrons. The van der Waals surface area contributed by atoms with Crippen LogP contribution in [0.2, 0.25) is 5.02 Å². The summed E-state index contributed by atoms with van der Waals surface area (Å²) in [7, 11) is 0. The number of hydrogen-bond acceptors (Lipinski definition) is 3. The van der Waals surface area contributed by atoms with Crippen molar-refractivity contribution in [3.63, 3.8) is 0 Å². The number of benzene rings is 3. The summed E-state index contributed by atoms with van der Waals surface area (Å²) in [6, 6.07) is 22.0. The zero-order valence-electron chi connectivity index (χ0n) is 15.1. The smallest absolute Gasteiger partial charge is 0.268 e. The maximum absolute atomic E-state index is 13.2. The Hall–Kier alpha value is -2.89. The van der Waals surface area contributed by atoms with E-state index >= 15 is 0 Å². The van der Waals surface area contributed by atoms with Crippen LogP contribution in [-0.2, 0) is 16.1 Å². The highest BCUT2D eigenvalue weighted by molar-refractivity contribution is 8.04. The van der Waals surface area contributed by atoms with E-state index in [0.717, 1.165) is 4.90 Å². The van der Waals surface area contributed by atoms with E-state index < -0.39 is 0 Å². The molecule has 0 unspecified atom stereocenters. The molecule has 6 heteroatoms. The Labute approximate surface area is 176 Å². The highest BCUT2D eigenvalue weighted by Gasteiger charge is 2.39. The first-order valence-corrected chi connectivity index (χ1v) is 10.1. The van der Waals surface area contributed by atoms with Crippen molar-refractivity contribution in [3.05, 3.63) is 106 Å². The van der Waals surface area contributed by atoms with Gasteiger partial charge in [-0.1, -0.05) is 65.8 Å². The van der Waals surface area contributed by atoms with Gasteiger partial charge in [0.25, 0.3) is 11.8 Å². The van der Waals surface area contributed by atoms with Gasteiger partial charge in [-0.05, 0) is 47.5 Å². The molecule has 0 N–H and O–H groups in total. The summed E-state index contributed by atoms with van der Waals surface area (Å²) < 4.78 is 13.2. The topological polar surface area (TPSA) is 37.4 Å². The van der Waals surface area contributed by atoms with Crippen molar-refractivity contribution in [3.8, 4) is 0 Å². The molecule has 1 aliphatic rings. The second-order valence-corrected chi connectivity index (χ2v) is 7.97. The number of nitrogens with zero attached hydrogens (tertiary/aromatic N) is 1. The Balaban J connectivity index is 1.71. The average molecular weight is 424 g/mol. The summed E-state index contributed by atoms with van der Waals surface area (Å²) in [4.78, 5) is 28.7. The lowest BCUT2D eigenvalue weighted by Gasteiger charge is -2.15. The van der Waals surface area contributed by atoms with Gasteiger partial charge in [0.05, 0.1) is 17.0 Å². The fourth-order valence-corrected chi connectivity index (χ4v) is 4.18. The van der Waals surface area contributed by atoms with Crippen LogP contribution in [-0.4, -0.2) is 16.7 Å². The number of thioether (sulfide) groups is 1. The van der Waals surface area contributed by atoms with Crippen LogP contribution in [0, 0.1) is 5.82 Å². The number of hydrogen-bond donors (Lipinski definition) is 0. The Kier molecular flexibility index (Phi) is 5.51. The van der Waals surface area contributed by atoms with Crippen LogP contribution in [0.3, 0.4) is 0 Å². The molecular weight excluding hydrogens is 409 g/mol. The summed E-state index contributed by atoms with van der Waals surface area (Å²) in [6.07, 6.45) is 0. The molecule has 4 rings (SSSR count). The molecule has 0 aliphatic carbocycles. The maximum atomic E-state index is 13.2. The molecular formula is C23H15ClFNO2S. The molecule has 1 heterocycles. The van der Waals surface area contributed by atoms with E-state index in [1.54, 1.807) is 24.3 Å². The molecule has 0 bridgehead atoms.